The normalized spacial score (nSPS) is 17.1. The number of benzene rings is 1. The molecule has 1 saturated heterocycles. The summed E-state index contributed by atoms with van der Waals surface area (Å²) in [6, 6.07) is 6.01. The molecule has 1 atom stereocenters. The van der Waals surface area contributed by atoms with E-state index < -0.39 is 0 Å². The SMILES string of the molecule is CCCNC(Cc1cc(Cl)ccc1OC)CC1OCCO1. The molecular weight excluding hydrogens is 290 g/mol. The maximum atomic E-state index is 6.11. The van der Waals surface area contributed by atoms with E-state index >= 15 is 0 Å². The van der Waals surface area contributed by atoms with Gasteiger partial charge in [0.05, 0.1) is 20.3 Å². The third kappa shape index (κ3) is 5.15. The molecule has 118 valence electrons. The highest BCUT2D eigenvalue weighted by Gasteiger charge is 2.22. The minimum Gasteiger partial charge on any atom is -0.496 e. The Morgan fingerprint density at radius 1 is 1.38 bits per heavy atom. The molecule has 1 aliphatic rings. The third-order valence-corrected chi connectivity index (χ3v) is 3.79. The van der Waals surface area contributed by atoms with E-state index in [-0.39, 0.29) is 12.3 Å². The molecule has 1 fully saturated rings. The lowest BCUT2D eigenvalue weighted by Crippen LogP contribution is -2.35. The molecule has 0 aromatic heterocycles. The molecule has 0 amide bonds. The van der Waals surface area contributed by atoms with Gasteiger partial charge in [-0.25, -0.2) is 0 Å². The van der Waals surface area contributed by atoms with Crippen LogP contribution in [0.4, 0.5) is 0 Å². The topological polar surface area (TPSA) is 39.7 Å². The van der Waals surface area contributed by atoms with Crippen LogP contribution in [0.1, 0.15) is 25.3 Å². The Morgan fingerprint density at radius 3 is 2.81 bits per heavy atom. The Balaban J connectivity index is 2.03. The molecular formula is C16H24ClNO3. The first-order chi connectivity index (χ1) is 10.2. The van der Waals surface area contributed by atoms with Crippen molar-refractivity contribution in [2.75, 3.05) is 26.9 Å². The molecule has 1 unspecified atom stereocenters. The van der Waals surface area contributed by atoms with Crippen LogP contribution < -0.4 is 10.1 Å². The standard InChI is InChI=1S/C16H24ClNO3/c1-3-6-18-14(11-16-20-7-8-21-16)10-12-9-13(17)4-5-15(12)19-2/h4-5,9,14,16,18H,3,6-8,10-11H2,1-2H3. The molecule has 1 aromatic rings. The average Bonchev–Trinajstić information content (AvgIpc) is 2.98. The molecule has 21 heavy (non-hydrogen) atoms. The zero-order valence-electron chi connectivity index (χ0n) is 12.7. The number of ether oxygens (including phenoxy) is 3. The highest BCUT2D eigenvalue weighted by molar-refractivity contribution is 6.30. The summed E-state index contributed by atoms with van der Waals surface area (Å²) in [5, 5.41) is 4.29. The van der Waals surface area contributed by atoms with Crippen molar-refractivity contribution in [3.8, 4) is 5.75 Å². The maximum absolute atomic E-state index is 6.11. The molecule has 0 saturated carbocycles. The Kier molecular flexibility index (Phi) is 6.77. The third-order valence-electron chi connectivity index (χ3n) is 3.56. The summed E-state index contributed by atoms with van der Waals surface area (Å²) < 4.78 is 16.6. The summed E-state index contributed by atoms with van der Waals surface area (Å²) in [7, 11) is 1.68. The van der Waals surface area contributed by atoms with Gasteiger partial charge in [-0.2, -0.15) is 0 Å². The summed E-state index contributed by atoms with van der Waals surface area (Å²) in [5.41, 5.74) is 1.11. The Hall–Kier alpha value is -0.810. The van der Waals surface area contributed by atoms with Crippen molar-refractivity contribution >= 4 is 11.6 Å². The molecule has 1 aromatic carbocycles. The van der Waals surface area contributed by atoms with Crippen LogP contribution >= 0.6 is 11.6 Å². The van der Waals surface area contributed by atoms with E-state index in [2.05, 4.69) is 12.2 Å². The smallest absolute Gasteiger partial charge is 0.159 e. The van der Waals surface area contributed by atoms with Crippen LogP contribution in [0.15, 0.2) is 18.2 Å². The van der Waals surface area contributed by atoms with Crippen LogP contribution in [0.25, 0.3) is 0 Å². The van der Waals surface area contributed by atoms with Gasteiger partial charge in [0.15, 0.2) is 6.29 Å². The predicted molar refractivity (Wildman–Crippen MR) is 84.1 cm³/mol. The first kappa shape index (κ1) is 16.6. The molecule has 2 rings (SSSR count). The van der Waals surface area contributed by atoms with Gasteiger partial charge < -0.3 is 19.5 Å². The van der Waals surface area contributed by atoms with Crippen molar-refractivity contribution in [1.29, 1.82) is 0 Å². The van der Waals surface area contributed by atoms with Gasteiger partial charge in [0.2, 0.25) is 0 Å². The lowest BCUT2D eigenvalue weighted by Gasteiger charge is -2.22. The van der Waals surface area contributed by atoms with Crippen LogP contribution in [-0.2, 0) is 15.9 Å². The highest BCUT2D eigenvalue weighted by Crippen LogP contribution is 2.25. The van der Waals surface area contributed by atoms with Gasteiger partial charge in [0.1, 0.15) is 5.75 Å². The van der Waals surface area contributed by atoms with Gasteiger partial charge in [-0.1, -0.05) is 18.5 Å². The number of rotatable bonds is 8. The predicted octanol–water partition coefficient (Wildman–Crippen LogP) is 3.02. The van der Waals surface area contributed by atoms with Gasteiger partial charge >= 0.3 is 0 Å². The molecule has 0 radical (unpaired) electrons. The lowest BCUT2D eigenvalue weighted by atomic mass is 10.0. The van der Waals surface area contributed by atoms with Crippen LogP contribution in [0.2, 0.25) is 5.02 Å². The van der Waals surface area contributed by atoms with Gasteiger partial charge in [-0.15, -0.1) is 0 Å². The Morgan fingerprint density at radius 2 is 2.14 bits per heavy atom. The first-order valence-electron chi connectivity index (χ1n) is 7.52. The average molecular weight is 314 g/mol. The largest absolute Gasteiger partial charge is 0.496 e. The first-order valence-corrected chi connectivity index (χ1v) is 7.89. The number of nitrogens with one attached hydrogen (secondary N) is 1. The summed E-state index contributed by atoms with van der Waals surface area (Å²) >= 11 is 6.11. The molecule has 4 nitrogen and oxygen atoms in total. The van der Waals surface area contributed by atoms with Crippen LogP contribution in [0.5, 0.6) is 5.75 Å². The molecule has 0 aliphatic carbocycles. The van der Waals surface area contributed by atoms with Crippen LogP contribution in [0.3, 0.4) is 0 Å². The van der Waals surface area contributed by atoms with E-state index in [0.29, 0.717) is 13.2 Å². The fourth-order valence-electron chi connectivity index (χ4n) is 2.54. The number of halogens is 1. The van der Waals surface area contributed by atoms with E-state index in [1.54, 1.807) is 7.11 Å². The molecule has 0 spiro atoms. The van der Waals surface area contributed by atoms with Crippen molar-refractivity contribution in [1.82, 2.24) is 5.32 Å². The van der Waals surface area contributed by atoms with Gasteiger partial charge in [-0.3, -0.25) is 0 Å². The quantitative estimate of drug-likeness (QED) is 0.801. The molecule has 1 aliphatic heterocycles. The van der Waals surface area contributed by atoms with E-state index in [0.717, 1.165) is 42.1 Å². The lowest BCUT2D eigenvalue weighted by molar-refractivity contribution is -0.0526. The summed E-state index contributed by atoms with van der Waals surface area (Å²) in [6.07, 6.45) is 2.66. The second-order valence-corrected chi connectivity index (χ2v) is 5.65. The number of methoxy groups -OCH3 is 1. The fourth-order valence-corrected chi connectivity index (χ4v) is 2.73. The molecule has 5 heteroatoms. The van der Waals surface area contributed by atoms with Crippen molar-refractivity contribution in [3.05, 3.63) is 28.8 Å². The van der Waals surface area contributed by atoms with Crippen molar-refractivity contribution in [3.63, 3.8) is 0 Å². The second kappa shape index (κ2) is 8.59. The zero-order chi connectivity index (χ0) is 15.1. The van der Waals surface area contributed by atoms with Crippen LogP contribution in [-0.4, -0.2) is 39.2 Å². The van der Waals surface area contributed by atoms with Crippen molar-refractivity contribution in [2.45, 2.75) is 38.5 Å². The van der Waals surface area contributed by atoms with Crippen molar-refractivity contribution in [2.24, 2.45) is 0 Å². The van der Waals surface area contributed by atoms with Gasteiger partial charge in [-0.05, 0) is 43.1 Å². The summed E-state index contributed by atoms with van der Waals surface area (Å²) in [5.74, 6) is 0.871. The van der Waals surface area contributed by atoms with Crippen molar-refractivity contribution < 1.29 is 14.2 Å². The Labute approximate surface area is 131 Å². The van der Waals surface area contributed by atoms with Gasteiger partial charge in [0.25, 0.3) is 0 Å². The monoisotopic (exact) mass is 313 g/mol. The number of hydrogen-bond acceptors (Lipinski definition) is 4. The Bertz CT molecular complexity index is 436. The minimum atomic E-state index is -0.107. The second-order valence-electron chi connectivity index (χ2n) is 5.22. The van der Waals surface area contributed by atoms with E-state index in [4.69, 9.17) is 25.8 Å². The maximum Gasteiger partial charge on any atom is 0.159 e. The van der Waals surface area contributed by atoms with Crippen LogP contribution in [0, 0.1) is 0 Å². The zero-order valence-corrected chi connectivity index (χ0v) is 13.5. The highest BCUT2D eigenvalue weighted by atomic mass is 35.5. The van der Waals surface area contributed by atoms with E-state index in [9.17, 15) is 0 Å². The molecule has 0 bridgehead atoms. The van der Waals surface area contributed by atoms with E-state index in [1.807, 2.05) is 18.2 Å². The summed E-state index contributed by atoms with van der Waals surface area (Å²) in [4.78, 5) is 0. The fraction of sp³-hybridized carbons (Fsp3) is 0.625. The summed E-state index contributed by atoms with van der Waals surface area (Å²) in [6.45, 7) is 4.50. The number of hydrogen-bond donors (Lipinski definition) is 1. The van der Waals surface area contributed by atoms with Gasteiger partial charge in [0, 0.05) is 17.5 Å². The molecule has 1 heterocycles. The molecule has 1 N–H and O–H groups in total. The minimum absolute atomic E-state index is 0.107. The van der Waals surface area contributed by atoms with E-state index in [1.165, 1.54) is 0 Å².